The van der Waals surface area contributed by atoms with Gasteiger partial charge in [0, 0.05) is 44.1 Å². The molecule has 12 heteroatoms. The summed E-state index contributed by atoms with van der Waals surface area (Å²) in [7, 11) is 0. The molecule has 1 aromatic heterocycles. The lowest BCUT2D eigenvalue weighted by Crippen LogP contribution is -2.60. The second-order valence-corrected chi connectivity index (χ2v) is 9.76. The highest BCUT2D eigenvalue weighted by Gasteiger charge is 2.38. The summed E-state index contributed by atoms with van der Waals surface area (Å²) < 4.78 is 39.0. The van der Waals surface area contributed by atoms with Crippen molar-refractivity contribution in [1.29, 1.82) is 0 Å². The Hall–Kier alpha value is -3.05. The summed E-state index contributed by atoms with van der Waals surface area (Å²) in [6.07, 6.45) is -2.66. The van der Waals surface area contributed by atoms with Gasteiger partial charge in [-0.2, -0.15) is 13.2 Å². The number of hydrogen-bond acceptors (Lipinski definition) is 8. The summed E-state index contributed by atoms with van der Waals surface area (Å²) in [5.74, 6) is 0.925. The Morgan fingerprint density at radius 3 is 2.30 bits per heavy atom. The largest absolute Gasteiger partial charge is 0.416 e. The third kappa shape index (κ3) is 6.10. The van der Waals surface area contributed by atoms with Crippen LogP contribution in [0, 0.1) is 0 Å². The van der Waals surface area contributed by atoms with Gasteiger partial charge >= 0.3 is 6.18 Å². The summed E-state index contributed by atoms with van der Waals surface area (Å²) in [6, 6.07) is 8.69. The Morgan fingerprint density at radius 2 is 1.73 bits per heavy atom. The monoisotopic (exact) mass is 536 g/mol. The van der Waals surface area contributed by atoms with Gasteiger partial charge in [-0.3, -0.25) is 10.2 Å². The number of pyridine rings is 1. The maximum absolute atomic E-state index is 13.0. The van der Waals surface area contributed by atoms with Crippen LogP contribution in [0.5, 0.6) is 0 Å². The van der Waals surface area contributed by atoms with E-state index in [9.17, 15) is 13.2 Å². The minimum absolute atomic E-state index is 0.164. The number of piperazine rings is 1. The van der Waals surface area contributed by atoms with Gasteiger partial charge in [0.05, 0.1) is 10.6 Å². The molecule has 0 radical (unpaired) electrons. The van der Waals surface area contributed by atoms with Gasteiger partial charge in [0.2, 0.25) is 17.7 Å². The van der Waals surface area contributed by atoms with Gasteiger partial charge in [-0.25, -0.2) is 15.0 Å². The minimum atomic E-state index is -4.39. The Bertz CT molecular complexity index is 1140. The third-order valence-corrected chi connectivity index (χ3v) is 6.77. The number of alkyl halides is 3. The SMILES string of the molecule is CCN(C(C)C)C1(C)N=C(Nc2ccc(C(F)(F)F)cc2)NC(N2CCN(c3ncccc3Cl)CC2)=N1. The molecule has 0 saturated carbocycles. The molecule has 0 amide bonds. The zero-order chi connectivity index (χ0) is 26.8. The second-order valence-electron chi connectivity index (χ2n) is 9.35. The van der Waals surface area contributed by atoms with Crippen molar-refractivity contribution in [3.63, 3.8) is 0 Å². The Kier molecular flexibility index (Phi) is 7.84. The molecule has 37 heavy (non-hydrogen) atoms. The molecule has 0 spiro atoms. The number of anilines is 2. The fourth-order valence-electron chi connectivity index (χ4n) is 4.71. The van der Waals surface area contributed by atoms with E-state index in [1.165, 1.54) is 12.1 Å². The Labute approximate surface area is 220 Å². The summed E-state index contributed by atoms with van der Waals surface area (Å²) >= 11 is 6.35. The molecule has 4 rings (SSSR count). The van der Waals surface area contributed by atoms with Crippen molar-refractivity contribution in [3.8, 4) is 0 Å². The molecule has 2 aliphatic rings. The lowest BCUT2D eigenvalue weighted by molar-refractivity contribution is -0.137. The second kappa shape index (κ2) is 10.7. The zero-order valence-electron chi connectivity index (χ0n) is 21.3. The van der Waals surface area contributed by atoms with Crippen LogP contribution in [0.15, 0.2) is 52.6 Å². The van der Waals surface area contributed by atoms with Gasteiger partial charge < -0.3 is 15.1 Å². The molecule has 2 aliphatic heterocycles. The summed E-state index contributed by atoms with van der Waals surface area (Å²) in [6.45, 7) is 11.6. The van der Waals surface area contributed by atoms with E-state index < -0.39 is 17.5 Å². The molecular weight excluding hydrogens is 505 g/mol. The number of benzene rings is 1. The number of rotatable bonds is 5. The molecule has 1 saturated heterocycles. The molecule has 1 unspecified atom stereocenters. The Balaban J connectivity index is 1.56. The first-order valence-electron chi connectivity index (χ1n) is 12.3. The van der Waals surface area contributed by atoms with Gasteiger partial charge in [0.1, 0.15) is 5.82 Å². The first-order chi connectivity index (χ1) is 17.5. The average molecular weight is 537 g/mol. The fraction of sp³-hybridized carbons (Fsp3) is 0.480. The molecule has 0 bridgehead atoms. The first-order valence-corrected chi connectivity index (χ1v) is 12.7. The molecular formula is C25H32ClF3N8. The molecule has 8 nitrogen and oxygen atoms in total. The highest BCUT2D eigenvalue weighted by Crippen LogP contribution is 2.30. The van der Waals surface area contributed by atoms with E-state index in [2.05, 4.69) is 51.1 Å². The molecule has 0 aliphatic carbocycles. The molecule has 1 atom stereocenters. The van der Waals surface area contributed by atoms with Crippen molar-refractivity contribution >= 4 is 35.0 Å². The van der Waals surface area contributed by atoms with Crippen LogP contribution in [-0.4, -0.2) is 71.3 Å². The lowest BCUT2D eigenvalue weighted by Gasteiger charge is -2.43. The van der Waals surface area contributed by atoms with Crippen LogP contribution in [0.3, 0.4) is 0 Å². The van der Waals surface area contributed by atoms with Crippen molar-refractivity contribution in [2.75, 3.05) is 42.9 Å². The van der Waals surface area contributed by atoms with Crippen LogP contribution < -0.4 is 15.5 Å². The topological polar surface area (TPSA) is 71.4 Å². The van der Waals surface area contributed by atoms with Crippen LogP contribution in [0.25, 0.3) is 0 Å². The van der Waals surface area contributed by atoms with Crippen LogP contribution >= 0.6 is 11.6 Å². The van der Waals surface area contributed by atoms with Crippen molar-refractivity contribution in [2.24, 2.45) is 9.98 Å². The summed E-state index contributed by atoms with van der Waals surface area (Å²) in [4.78, 5) is 20.7. The van der Waals surface area contributed by atoms with E-state index in [0.29, 0.717) is 55.4 Å². The fourth-order valence-corrected chi connectivity index (χ4v) is 4.95. The van der Waals surface area contributed by atoms with E-state index in [1.807, 2.05) is 19.1 Å². The third-order valence-electron chi connectivity index (χ3n) is 6.47. The van der Waals surface area contributed by atoms with Crippen LogP contribution in [0.4, 0.5) is 24.7 Å². The molecule has 2 aromatic rings. The predicted octanol–water partition coefficient (Wildman–Crippen LogP) is 4.71. The number of aliphatic imine (C=N–C) groups is 2. The number of guanidine groups is 2. The van der Waals surface area contributed by atoms with Crippen LogP contribution in [0.1, 0.15) is 33.3 Å². The van der Waals surface area contributed by atoms with E-state index >= 15 is 0 Å². The summed E-state index contributed by atoms with van der Waals surface area (Å²) in [5, 5.41) is 7.02. The minimum Gasteiger partial charge on any atom is -0.352 e. The first kappa shape index (κ1) is 27.0. The maximum atomic E-state index is 13.0. The van der Waals surface area contributed by atoms with Crippen LogP contribution in [0.2, 0.25) is 5.02 Å². The van der Waals surface area contributed by atoms with Crippen molar-refractivity contribution in [1.82, 2.24) is 20.1 Å². The van der Waals surface area contributed by atoms with Crippen molar-refractivity contribution in [2.45, 2.75) is 45.7 Å². The Morgan fingerprint density at radius 1 is 1.08 bits per heavy atom. The van der Waals surface area contributed by atoms with Crippen molar-refractivity contribution < 1.29 is 13.2 Å². The molecule has 3 heterocycles. The number of aromatic nitrogens is 1. The highest BCUT2D eigenvalue weighted by molar-refractivity contribution is 6.32. The van der Waals surface area contributed by atoms with Gasteiger partial charge in [-0.1, -0.05) is 18.5 Å². The average Bonchev–Trinajstić information content (AvgIpc) is 2.84. The van der Waals surface area contributed by atoms with E-state index in [4.69, 9.17) is 21.6 Å². The number of hydrogen-bond donors (Lipinski definition) is 2. The van der Waals surface area contributed by atoms with Gasteiger partial charge in [-0.15, -0.1) is 0 Å². The maximum Gasteiger partial charge on any atom is 0.416 e. The van der Waals surface area contributed by atoms with Crippen LogP contribution in [-0.2, 0) is 6.18 Å². The molecule has 1 fully saturated rings. The quantitative estimate of drug-likeness (QED) is 0.577. The lowest BCUT2D eigenvalue weighted by atomic mass is 10.2. The molecule has 200 valence electrons. The highest BCUT2D eigenvalue weighted by atomic mass is 35.5. The molecule has 2 N–H and O–H groups in total. The number of halogens is 4. The van der Waals surface area contributed by atoms with Gasteiger partial charge in [-0.05, 0) is 63.7 Å². The molecule has 1 aromatic carbocycles. The number of nitrogens with one attached hydrogen (secondary N) is 2. The van der Waals surface area contributed by atoms with E-state index in [1.54, 1.807) is 6.20 Å². The predicted molar refractivity (Wildman–Crippen MR) is 142 cm³/mol. The van der Waals surface area contributed by atoms with Gasteiger partial charge in [0.25, 0.3) is 0 Å². The van der Waals surface area contributed by atoms with E-state index in [-0.39, 0.29) is 6.04 Å². The zero-order valence-corrected chi connectivity index (χ0v) is 22.1. The smallest absolute Gasteiger partial charge is 0.352 e. The normalized spacial score (nSPS) is 20.6. The summed E-state index contributed by atoms with van der Waals surface area (Å²) in [5.41, 5.74) is -0.211. The van der Waals surface area contributed by atoms with Gasteiger partial charge in [0.15, 0.2) is 0 Å². The van der Waals surface area contributed by atoms with Crippen molar-refractivity contribution in [3.05, 3.63) is 53.2 Å². The number of nitrogens with zero attached hydrogens (tertiary/aromatic N) is 6. The van der Waals surface area contributed by atoms with E-state index in [0.717, 1.165) is 18.0 Å². The standard InChI is InChI=1S/C25H32ClF3N8/c1-5-37(17(2)3)24(4)33-22(31-19-10-8-18(9-11-19)25(27,28)29)32-23(34-24)36-15-13-35(14-16-36)21-20(26)7-6-12-30-21/h6-12,17H,5,13-16H2,1-4H3,(H2,31,32,33,34).